The zero-order valence-corrected chi connectivity index (χ0v) is 11.9. The summed E-state index contributed by atoms with van der Waals surface area (Å²) in [7, 11) is 2.19. The molecule has 2 nitrogen and oxygen atoms in total. The van der Waals surface area contributed by atoms with Crippen molar-refractivity contribution in [3.63, 3.8) is 0 Å². The lowest BCUT2D eigenvalue weighted by molar-refractivity contribution is 0.278. The standard InChI is InChI=1S/C15H23ClN2/c1-18(11-13-6-5-7-14(16)10-13)12-15-8-3-2-4-9-17-15/h5-7,10,15,17H,2-4,8-9,11-12H2,1H3. The number of hydrogen-bond donors (Lipinski definition) is 1. The average Bonchev–Trinajstić information content (AvgIpc) is 2.57. The van der Waals surface area contributed by atoms with Gasteiger partial charge in [0.1, 0.15) is 0 Å². The van der Waals surface area contributed by atoms with Gasteiger partial charge in [-0.3, -0.25) is 0 Å². The third-order valence-corrected chi connectivity index (χ3v) is 3.77. The van der Waals surface area contributed by atoms with E-state index in [0.717, 1.165) is 18.1 Å². The van der Waals surface area contributed by atoms with Crippen molar-refractivity contribution >= 4 is 11.6 Å². The highest BCUT2D eigenvalue weighted by atomic mass is 35.5. The van der Waals surface area contributed by atoms with Crippen LogP contribution in [0.25, 0.3) is 0 Å². The minimum atomic E-state index is 0.650. The van der Waals surface area contributed by atoms with Crippen LogP contribution >= 0.6 is 11.6 Å². The number of nitrogens with zero attached hydrogens (tertiary/aromatic N) is 1. The van der Waals surface area contributed by atoms with E-state index in [1.807, 2.05) is 12.1 Å². The zero-order chi connectivity index (χ0) is 12.8. The second-order valence-electron chi connectivity index (χ2n) is 5.33. The van der Waals surface area contributed by atoms with E-state index in [1.165, 1.54) is 37.8 Å². The molecule has 1 aliphatic rings. The summed E-state index contributed by atoms with van der Waals surface area (Å²) in [6, 6.07) is 8.80. The Bertz CT molecular complexity index is 359. The number of rotatable bonds is 4. The van der Waals surface area contributed by atoms with Gasteiger partial charge in [-0.25, -0.2) is 0 Å². The summed E-state index contributed by atoms with van der Waals surface area (Å²) in [6.45, 7) is 3.26. The highest BCUT2D eigenvalue weighted by molar-refractivity contribution is 6.30. The first-order chi connectivity index (χ1) is 8.74. The molecule has 1 atom stereocenters. The van der Waals surface area contributed by atoms with Gasteiger partial charge in [0.2, 0.25) is 0 Å². The van der Waals surface area contributed by atoms with Crippen molar-refractivity contribution in [3.8, 4) is 0 Å². The quantitative estimate of drug-likeness (QED) is 0.900. The fourth-order valence-corrected chi connectivity index (χ4v) is 2.86. The first kappa shape index (κ1) is 13.9. The number of benzene rings is 1. The number of hydrogen-bond acceptors (Lipinski definition) is 2. The summed E-state index contributed by atoms with van der Waals surface area (Å²) in [4.78, 5) is 2.38. The summed E-state index contributed by atoms with van der Waals surface area (Å²) in [5.41, 5.74) is 1.29. The van der Waals surface area contributed by atoms with E-state index < -0.39 is 0 Å². The van der Waals surface area contributed by atoms with E-state index in [0.29, 0.717) is 6.04 Å². The fourth-order valence-electron chi connectivity index (χ4n) is 2.64. The molecule has 1 unspecified atom stereocenters. The summed E-state index contributed by atoms with van der Waals surface area (Å²) in [5, 5.41) is 4.47. The Morgan fingerprint density at radius 2 is 2.22 bits per heavy atom. The molecular formula is C15H23ClN2. The molecule has 1 aromatic rings. The molecule has 100 valence electrons. The van der Waals surface area contributed by atoms with Crippen molar-refractivity contribution < 1.29 is 0 Å². The van der Waals surface area contributed by atoms with Crippen LogP contribution < -0.4 is 5.32 Å². The monoisotopic (exact) mass is 266 g/mol. The van der Waals surface area contributed by atoms with Crippen LogP contribution in [0.15, 0.2) is 24.3 Å². The maximum absolute atomic E-state index is 6.01. The van der Waals surface area contributed by atoms with Gasteiger partial charge >= 0.3 is 0 Å². The lowest BCUT2D eigenvalue weighted by atomic mass is 10.1. The maximum atomic E-state index is 6.01. The Balaban J connectivity index is 1.82. The molecule has 1 fully saturated rings. The van der Waals surface area contributed by atoms with Crippen LogP contribution in [0.1, 0.15) is 31.2 Å². The van der Waals surface area contributed by atoms with Crippen molar-refractivity contribution in [2.24, 2.45) is 0 Å². The largest absolute Gasteiger partial charge is 0.313 e. The Morgan fingerprint density at radius 3 is 3.06 bits per heavy atom. The van der Waals surface area contributed by atoms with E-state index in [9.17, 15) is 0 Å². The number of nitrogens with one attached hydrogen (secondary N) is 1. The van der Waals surface area contributed by atoms with E-state index in [2.05, 4.69) is 29.4 Å². The SMILES string of the molecule is CN(Cc1cccc(Cl)c1)CC1CCCCCN1. The van der Waals surface area contributed by atoms with Gasteiger partial charge in [-0.1, -0.05) is 36.6 Å². The molecule has 0 radical (unpaired) electrons. The normalized spacial score (nSPS) is 20.9. The van der Waals surface area contributed by atoms with Crippen molar-refractivity contribution in [1.29, 1.82) is 0 Å². The lowest BCUT2D eigenvalue weighted by Crippen LogP contribution is -2.38. The Labute approximate surface area is 115 Å². The lowest BCUT2D eigenvalue weighted by Gasteiger charge is -2.23. The third kappa shape index (κ3) is 4.60. The molecule has 1 saturated heterocycles. The van der Waals surface area contributed by atoms with Crippen LogP contribution in [0.3, 0.4) is 0 Å². The van der Waals surface area contributed by atoms with Gasteiger partial charge in [-0.15, -0.1) is 0 Å². The van der Waals surface area contributed by atoms with Gasteiger partial charge in [0, 0.05) is 24.2 Å². The Hall–Kier alpha value is -0.570. The highest BCUT2D eigenvalue weighted by Crippen LogP contribution is 2.13. The minimum Gasteiger partial charge on any atom is -0.313 e. The van der Waals surface area contributed by atoms with Gasteiger partial charge in [0.15, 0.2) is 0 Å². The van der Waals surface area contributed by atoms with Crippen LogP contribution in [0.2, 0.25) is 5.02 Å². The topological polar surface area (TPSA) is 15.3 Å². The maximum Gasteiger partial charge on any atom is 0.0409 e. The molecule has 1 aliphatic heterocycles. The Kier molecular flexibility index (Phi) is 5.48. The molecule has 1 heterocycles. The van der Waals surface area contributed by atoms with Gasteiger partial charge in [0.05, 0.1) is 0 Å². The molecule has 0 amide bonds. The van der Waals surface area contributed by atoms with Crippen LogP contribution in [0, 0.1) is 0 Å². The third-order valence-electron chi connectivity index (χ3n) is 3.54. The highest BCUT2D eigenvalue weighted by Gasteiger charge is 2.13. The summed E-state index contributed by atoms with van der Waals surface area (Å²) in [6.07, 6.45) is 5.37. The number of halogens is 1. The molecule has 3 heteroatoms. The molecule has 18 heavy (non-hydrogen) atoms. The molecule has 0 bridgehead atoms. The second-order valence-corrected chi connectivity index (χ2v) is 5.76. The van der Waals surface area contributed by atoms with Crippen molar-refractivity contribution in [3.05, 3.63) is 34.9 Å². The van der Waals surface area contributed by atoms with E-state index in [-0.39, 0.29) is 0 Å². The van der Waals surface area contributed by atoms with Crippen molar-refractivity contribution in [2.75, 3.05) is 20.1 Å². The molecule has 2 rings (SSSR count). The van der Waals surface area contributed by atoms with E-state index >= 15 is 0 Å². The second kappa shape index (κ2) is 7.13. The predicted molar refractivity (Wildman–Crippen MR) is 78.0 cm³/mol. The predicted octanol–water partition coefficient (Wildman–Crippen LogP) is 3.30. The minimum absolute atomic E-state index is 0.650. The van der Waals surface area contributed by atoms with E-state index in [4.69, 9.17) is 11.6 Å². The molecule has 0 aliphatic carbocycles. The van der Waals surface area contributed by atoms with Crippen LogP contribution in [-0.4, -0.2) is 31.1 Å². The summed E-state index contributed by atoms with van der Waals surface area (Å²) < 4.78 is 0. The van der Waals surface area contributed by atoms with Gasteiger partial charge < -0.3 is 10.2 Å². The first-order valence-electron chi connectivity index (χ1n) is 6.90. The Morgan fingerprint density at radius 1 is 1.33 bits per heavy atom. The first-order valence-corrected chi connectivity index (χ1v) is 7.28. The fraction of sp³-hybridized carbons (Fsp3) is 0.600. The van der Waals surface area contributed by atoms with Gasteiger partial charge in [0.25, 0.3) is 0 Å². The summed E-state index contributed by atoms with van der Waals surface area (Å²) >= 11 is 6.01. The molecular weight excluding hydrogens is 244 g/mol. The van der Waals surface area contributed by atoms with Crippen molar-refractivity contribution in [2.45, 2.75) is 38.3 Å². The van der Waals surface area contributed by atoms with E-state index in [1.54, 1.807) is 0 Å². The van der Waals surface area contributed by atoms with Crippen molar-refractivity contribution in [1.82, 2.24) is 10.2 Å². The molecule has 0 spiro atoms. The zero-order valence-electron chi connectivity index (χ0n) is 11.2. The van der Waals surface area contributed by atoms with Crippen LogP contribution in [0.4, 0.5) is 0 Å². The number of likely N-dealkylation sites (N-methyl/N-ethyl adjacent to an activating group) is 1. The molecule has 0 aromatic heterocycles. The summed E-state index contributed by atoms with van der Waals surface area (Å²) in [5.74, 6) is 0. The molecule has 1 aromatic carbocycles. The van der Waals surface area contributed by atoms with Crippen LogP contribution in [0.5, 0.6) is 0 Å². The van der Waals surface area contributed by atoms with Gasteiger partial charge in [-0.2, -0.15) is 0 Å². The molecule has 0 saturated carbocycles. The van der Waals surface area contributed by atoms with Gasteiger partial charge in [-0.05, 0) is 44.1 Å². The van der Waals surface area contributed by atoms with Crippen LogP contribution in [-0.2, 0) is 6.54 Å². The molecule has 1 N–H and O–H groups in total. The smallest absolute Gasteiger partial charge is 0.0409 e. The average molecular weight is 267 g/mol.